The summed E-state index contributed by atoms with van der Waals surface area (Å²) in [5.74, 6) is -0.0331. The predicted molar refractivity (Wildman–Crippen MR) is 39.3 cm³/mol. The van der Waals surface area contributed by atoms with Gasteiger partial charge in [-0.3, -0.25) is 4.79 Å². The zero-order valence-corrected chi connectivity index (χ0v) is 6.45. The van der Waals surface area contributed by atoms with E-state index >= 15 is 0 Å². The summed E-state index contributed by atoms with van der Waals surface area (Å²) in [6.07, 6.45) is 0. The molecule has 1 unspecified atom stereocenters. The van der Waals surface area contributed by atoms with Crippen molar-refractivity contribution in [2.24, 2.45) is 11.7 Å². The molecule has 0 aliphatic carbocycles. The van der Waals surface area contributed by atoms with Gasteiger partial charge in [-0.05, 0) is 6.92 Å². The van der Waals surface area contributed by atoms with Crippen LogP contribution < -0.4 is 5.73 Å². The minimum Gasteiger partial charge on any atom is -0.339 e. The second-order valence-electron chi connectivity index (χ2n) is 2.86. The quantitative estimate of drug-likeness (QED) is 0.542. The van der Waals surface area contributed by atoms with Gasteiger partial charge in [-0.15, -0.1) is 0 Å². The Balaban J connectivity index is 2.34. The summed E-state index contributed by atoms with van der Waals surface area (Å²) in [5.41, 5.74) is 5.36. The number of hydrogen-bond donors (Lipinski definition) is 1. The van der Waals surface area contributed by atoms with Crippen molar-refractivity contribution in [1.29, 1.82) is 5.26 Å². The number of nitriles is 1. The van der Waals surface area contributed by atoms with Crippen LogP contribution in [0.1, 0.15) is 6.92 Å². The van der Waals surface area contributed by atoms with E-state index in [0.717, 1.165) is 0 Å². The number of amides is 1. The molecule has 1 atom stereocenters. The van der Waals surface area contributed by atoms with E-state index in [1.54, 1.807) is 11.8 Å². The first-order valence-electron chi connectivity index (χ1n) is 3.59. The van der Waals surface area contributed by atoms with E-state index in [9.17, 15) is 4.79 Å². The summed E-state index contributed by atoms with van der Waals surface area (Å²) in [4.78, 5) is 12.7. The molecule has 1 heterocycles. The summed E-state index contributed by atoms with van der Waals surface area (Å²) in [6, 6.07) is 1.65. The summed E-state index contributed by atoms with van der Waals surface area (Å²) < 4.78 is 0. The van der Waals surface area contributed by atoms with Crippen molar-refractivity contribution >= 4 is 5.91 Å². The molecule has 0 bridgehead atoms. The third kappa shape index (κ3) is 1.49. The van der Waals surface area contributed by atoms with Crippen LogP contribution in [-0.2, 0) is 4.79 Å². The predicted octanol–water partition coefficient (Wildman–Crippen LogP) is -0.684. The average molecular weight is 153 g/mol. The minimum atomic E-state index is -0.436. The van der Waals surface area contributed by atoms with Gasteiger partial charge in [0.15, 0.2) is 0 Å². The highest BCUT2D eigenvalue weighted by molar-refractivity contribution is 5.82. The van der Waals surface area contributed by atoms with E-state index < -0.39 is 6.04 Å². The topological polar surface area (TPSA) is 70.1 Å². The Bertz CT molecular complexity index is 200. The molecule has 4 heteroatoms. The molecular weight excluding hydrogens is 142 g/mol. The lowest BCUT2D eigenvalue weighted by molar-refractivity contribution is -0.137. The van der Waals surface area contributed by atoms with Gasteiger partial charge < -0.3 is 10.6 Å². The van der Waals surface area contributed by atoms with Crippen molar-refractivity contribution in [3.05, 3.63) is 0 Å². The van der Waals surface area contributed by atoms with E-state index in [0.29, 0.717) is 13.1 Å². The Morgan fingerprint density at radius 1 is 1.82 bits per heavy atom. The van der Waals surface area contributed by atoms with Gasteiger partial charge in [-0.2, -0.15) is 5.26 Å². The number of hydrogen-bond acceptors (Lipinski definition) is 3. The maximum absolute atomic E-state index is 11.1. The van der Waals surface area contributed by atoms with Crippen LogP contribution in [-0.4, -0.2) is 29.9 Å². The molecule has 1 saturated heterocycles. The molecule has 1 amide bonds. The second kappa shape index (κ2) is 2.89. The monoisotopic (exact) mass is 153 g/mol. The van der Waals surface area contributed by atoms with Crippen LogP contribution in [0.15, 0.2) is 0 Å². The van der Waals surface area contributed by atoms with Crippen molar-refractivity contribution in [3.8, 4) is 6.07 Å². The molecule has 0 spiro atoms. The smallest absolute Gasteiger partial charge is 0.239 e. The van der Waals surface area contributed by atoms with Gasteiger partial charge in [-0.1, -0.05) is 0 Å². The first-order chi connectivity index (χ1) is 5.15. The largest absolute Gasteiger partial charge is 0.339 e. The highest BCUT2D eigenvalue weighted by atomic mass is 16.2. The van der Waals surface area contributed by atoms with Crippen molar-refractivity contribution in [1.82, 2.24) is 4.90 Å². The molecule has 4 nitrogen and oxygen atoms in total. The molecule has 0 saturated carbocycles. The van der Waals surface area contributed by atoms with E-state index in [1.165, 1.54) is 0 Å². The van der Waals surface area contributed by atoms with E-state index in [4.69, 9.17) is 11.0 Å². The van der Waals surface area contributed by atoms with Crippen LogP contribution in [0.2, 0.25) is 0 Å². The highest BCUT2D eigenvalue weighted by Gasteiger charge is 2.31. The van der Waals surface area contributed by atoms with Gasteiger partial charge in [0.2, 0.25) is 5.91 Å². The highest BCUT2D eigenvalue weighted by Crippen LogP contribution is 2.14. The third-order valence-corrected chi connectivity index (χ3v) is 1.77. The second-order valence-corrected chi connectivity index (χ2v) is 2.86. The average Bonchev–Trinajstić information content (AvgIpc) is 1.85. The van der Waals surface area contributed by atoms with E-state index in [-0.39, 0.29) is 11.8 Å². The fourth-order valence-electron chi connectivity index (χ4n) is 1.03. The van der Waals surface area contributed by atoms with Crippen LogP contribution in [0.3, 0.4) is 0 Å². The third-order valence-electron chi connectivity index (χ3n) is 1.77. The first kappa shape index (κ1) is 8.02. The normalized spacial score (nSPS) is 20.3. The number of carbonyl (C=O) groups is 1. The van der Waals surface area contributed by atoms with Crippen LogP contribution in [0.4, 0.5) is 0 Å². The van der Waals surface area contributed by atoms with Crippen LogP contribution in [0.25, 0.3) is 0 Å². The molecule has 0 radical (unpaired) electrons. The maximum Gasteiger partial charge on any atom is 0.239 e. The van der Waals surface area contributed by atoms with Gasteiger partial charge in [0.25, 0.3) is 0 Å². The molecule has 0 aromatic heterocycles. The summed E-state index contributed by atoms with van der Waals surface area (Å²) >= 11 is 0. The fraction of sp³-hybridized carbons (Fsp3) is 0.714. The van der Waals surface area contributed by atoms with Crippen molar-refractivity contribution in [2.45, 2.75) is 13.0 Å². The van der Waals surface area contributed by atoms with Crippen molar-refractivity contribution in [2.75, 3.05) is 13.1 Å². The zero-order valence-electron chi connectivity index (χ0n) is 6.45. The molecule has 1 rings (SSSR count). The Hall–Kier alpha value is -1.08. The molecule has 60 valence electrons. The lowest BCUT2D eigenvalue weighted by Gasteiger charge is -2.36. The SMILES string of the molecule is CC(N)C(=O)N1CC(C#N)C1. The van der Waals surface area contributed by atoms with Gasteiger partial charge in [-0.25, -0.2) is 0 Å². The summed E-state index contributed by atoms with van der Waals surface area (Å²) in [5, 5.41) is 8.40. The molecule has 2 N–H and O–H groups in total. The van der Waals surface area contributed by atoms with E-state index in [1.807, 2.05) is 0 Å². The Kier molecular flexibility index (Phi) is 2.11. The molecule has 1 fully saturated rings. The van der Waals surface area contributed by atoms with Crippen molar-refractivity contribution in [3.63, 3.8) is 0 Å². The number of nitrogens with zero attached hydrogens (tertiary/aromatic N) is 2. The number of nitrogens with two attached hydrogens (primary N) is 1. The Labute approximate surface area is 65.6 Å². The molecule has 0 aromatic carbocycles. The molecule has 1 aliphatic heterocycles. The zero-order chi connectivity index (χ0) is 8.43. The Morgan fingerprint density at radius 2 is 2.36 bits per heavy atom. The first-order valence-corrected chi connectivity index (χ1v) is 3.59. The fourth-order valence-corrected chi connectivity index (χ4v) is 1.03. The standard InChI is InChI=1S/C7H11N3O/c1-5(9)7(11)10-3-6(2-8)4-10/h5-6H,3-4,9H2,1H3. The van der Waals surface area contributed by atoms with Gasteiger partial charge in [0.05, 0.1) is 18.0 Å². The maximum atomic E-state index is 11.1. The molecule has 1 aliphatic rings. The van der Waals surface area contributed by atoms with E-state index in [2.05, 4.69) is 6.07 Å². The number of rotatable bonds is 1. The summed E-state index contributed by atoms with van der Waals surface area (Å²) in [6.45, 7) is 2.76. The summed E-state index contributed by atoms with van der Waals surface area (Å²) in [7, 11) is 0. The van der Waals surface area contributed by atoms with Crippen LogP contribution in [0, 0.1) is 17.2 Å². The lowest BCUT2D eigenvalue weighted by Crippen LogP contribution is -2.54. The van der Waals surface area contributed by atoms with Crippen LogP contribution >= 0.6 is 0 Å². The lowest BCUT2D eigenvalue weighted by atomic mass is 10.0. The minimum absolute atomic E-state index is 0.0256. The molecule has 0 aromatic rings. The number of likely N-dealkylation sites (tertiary alicyclic amines) is 1. The Morgan fingerprint density at radius 3 is 2.73 bits per heavy atom. The van der Waals surface area contributed by atoms with Crippen LogP contribution in [0.5, 0.6) is 0 Å². The van der Waals surface area contributed by atoms with Crippen molar-refractivity contribution < 1.29 is 4.79 Å². The van der Waals surface area contributed by atoms with Gasteiger partial charge >= 0.3 is 0 Å². The molecular formula is C7H11N3O. The van der Waals surface area contributed by atoms with Gasteiger partial charge in [0, 0.05) is 13.1 Å². The number of carbonyl (C=O) groups excluding carboxylic acids is 1. The molecule has 11 heavy (non-hydrogen) atoms. The van der Waals surface area contributed by atoms with Gasteiger partial charge in [0.1, 0.15) is 0 Å².